The number of nitrogens with zero attached hydrogens (tertiary/aromatic N) is 1. The maximum atomic E-state index is 11.5. The van der Waals surface area contributed by atoms with Crippen LogP contribution in [0, 0.1) is 0 Å². The van der Waals surface area contributed by atoms with Gasteiger partial charge >= 0.3 is 6.09 Å². The Bertz CT molecular complexity index is 386. The molecule has 0 aliphatic rings. The fourth-order valence-electron chi connectivity index (χ4n) is 1.81. The SMILES string of the molecule is CCC(C)(CNI)N(Cc1ccccc1)C(=O)O. The van der Waals surface area contributed by atoms with E-state index in [1.807, 2.05) is 44.2 Å². The van der Waals surface area contributed by atoms with Crippen LogP contribution < -0.4 is 3.53 Å². The first-order chi connectivity index (χ1) is 8.53. The number of carboxylic acid groups (broad SMARTS) is 1. The average molecular weight is 362 g/mol. The van der Waals surface area contributed by atoms with E-state index >= 15 is 0 Å². The monoisotopic (exact) mass is 362 g/mol. The lowest BCUT2D eigenvalue weighted by atomic mass is 9.96. The summed E-state index contributed by atoms with van der Waals surface area (Å²) in [4.78, 5) is 13.0. The van der Waals surface area contributed by atoms with Gasteiger partial charge in [0.15, 0.2) is 0 Å². The summed E-state index contributed by atoms with van der Waals surface area (Å²) >= 11 is 2.05. The van der Waals surface area contributed by atoms with E-state index in [-0.39, 0.29) is 0 Å². The first-order valence-electron chi connectivity index (χ1n) is 5.91. The first-order valence-corrected chi connectivity index (χ1v) is 6.99. The van der Waals surface area contributed by atoms with Crippen LogP contribution in [-0.4, -0.2) is 28.2 Å². The second-order valence-electron chi connectivity index (χ2n) is 4.52. The van der Waals surface area contributed by atoms with Crippen LogP contribution in [0.2, 0.25) is 0 Å². The number of hydrogen-bond acceptors (Lipinski definition) is 2. The fraction of sp³-hybridized carbons (Fsp3) is 0.462. The third-order valence-electron chi connectivity index (χ3n) is 3.28. The van der Waals surface area contributed by atoms with E-state index in [4.69, 9.17) is 0 Å². The van der Waals surface area contributed by atoms with Crippen molar-refractivity contribution in [1.29, 1.82) is 0 Å². The van der Waals surface area contributed by atoms with Crippen molar-refractivity contribution in [2.75, 3.05) is 6.54 Å². The van der Waals surface area contributed by atoms with Crippen LogP contribution in [0.4, 0.5) is 4.79 Å². The lowest BCUT2D eigenvalue weighted by Gasteiger charge is -2.38. The van der Waals surface area contributed by atoms with Crippen molar-refractivity contribution >= 4 is 29.0 Å². The maximum Gasteiger partial charge on any atom is 0.408 e. The molecule has 5 heteroatoms. The van der Waals surface area contributed by atoms with E-state index in [2.05, 4.69) is 26.4 Å². The standard InChI is InChI=1S/C13H19IN2O2/c1-3-13(2,10-15-14)16(12(17)18)9-11-7-5-4-6-8-11/h4-8,15H,3,9-10H2,1-2H3,(H,17,18). The molecule has 0 spiro atoms. The van der Waals surface area contributed by atoms with Crippen LogP contribution in [0.15, 0.2) is 30.3 Å². The summed E-state index contributed by atoms with van der Waals surface area (Å²) in [5.41, 5.74) is 0.608. The third kappa shape index (κ3) is 3.84. The van der Waals surface area contributed by atoms with E-state index in [1.54, 1.807) is 0 Å². The van der Waals surface area contributed by atoms with Crippen LogP contribution in [0.1, 0.15) is 25.8 Å². The Balaban J connectivity index is 2.92. The molecule has 0 heterocycles. The molecule has 100 valence electrons. The molecule has 0 aliphatic heterocycles. The van der Waals surface area contributed by atoms with Crippen molar-refractivity contribution < 1.29 is 9.90 Å². The molecule has 0 aliphatic carbocycles. The second-order valence-corrected chi connectivity index (χ2v) is 5.28. The zero-order valence-corrected chi connectivity index (χ0v) is 12.8. The summed E-state index contributed by atoms with van der Waals surface area (Å²) in [5, 5.41) is 9.42. The van der Waals surface area contributed by atoms with E-state index in [1.165, 1.54) is 4.90 Å². The van der Waals surface area contributed by atoms with Gasteiger partial charge in [0.2, 0.25) is 0 Å². The van der Waals surface area contributed by atoms with Gasteiger partial charge in [-0.05, 0) is 18.9 Å². The summed E-state index contributed by atoms with van der Waals surface area (Å²) in [7, 11) is 0. The molecule has 18 heavy (non-hydrogen) atoms. The Kier molecular flexibility index (Phi) is 5.87. The molecule has 0 fully saturated rings. The number of hydrogen-bond donors (Lipinski definition) is 2. The highest BCUT2D eigenvalue weighted by atomic mass is 127. The Morgan fingerprint density at radius 1 is 1.44 bits per heavy atom. The largest absolute Gasteiger partial charge is 0.465 e. The summed E-state index contributed by atoms with van der Waals surface area (Å²) in [6.07, 6.45) is -0.114. The van der Waals surface area contributed by atoms with E-state index in [9.17, 15) is 9.90 Å². The van der Waals surface area contributed by atoms with Crippen molar-refractivity contribution in [3.8, 4) is 0 Å². The lowest BCUT2D eigenvalue weighted by Crippen LogP contribution is -2.53. The fourth-order valence-corrected chi connectivity index (χ4v) is 2.63. The minimum Gasteiger partial charge on any atom is -0.465 e. The van der Waals surface area contributed by atoms with Gasteiger partial charge in [0.25, 0.3) is 0 Å². The molecule has 0 saturated heterocycles. The maximum absolute atomic E-state index is 11.5. The molecule has 0 bridgehead atoms. The number of nitrogens with one attached hydrogen (secondary N) is 1. The highest BCUT2D eigenvalue weighted by molar-refractivity contribution is 14.1. The molecule has 1 amide bonds. The molecule has 1 unspecified atom stereocenters. The lowest BCUT2D eigenvalue weighted by molar-refractivity contribution is 0.0787. The Labute approximate surface area is 122 Å². The van der Waals surface area contributed by atoms with Crippen molar-refractivity contribution in [3.05, 3.63) is 35.9 Å². The number of carbonyl (C=O) groups is 1. The number of benzene rings is 1. The Hall–Kier alpha value is -0.820. The van der Waals surface area contributed by atoms with Gasteiger partial charge in [-0.3, -0.25) is 8.43 Å². The molecule has 0 saturated carbocycles. The summed E-state index contributed by atoms with van der Waals surface area (Å²) in [6, 6.07) is 9.68. The first kappa shape index (κ1) is 15.2. The van der Waals surface area contributed by atoms with Gasteiger partial charge in [0, 0.05) is 36.0 Å². The van der Waals surface area contributed by atoms with Crippen molar-refractivity contribution in [2.45, 2.75) is 32.4 Å². The van der Waals surface area contributed by atoms with Crippen molar-refractivity contribution in [3.63, 3.8) is 0 Å². The van der Waals surface area contributed by atoms with Crippen LogP contribution >= 0.6 is 22.9 Å². The molecular formula is C13H19IN2O2. The molecule has 1 rings (SSSR count). The minimum atomic E-state index is -0.880. The predicted octanol–water partition coefficient (Wildman–Crippen LogP) is 3.27. The molecule has 1 atom stereocenters. The summed E-state index contributed by atoms with van der Waals surface area (Å²) < 4.78 is 3.05. The van der Waals surface area contributed by atoms with Gasteiger partial charge < -0.3 is 5.11 Å². The normalized spacial score (nSPS) is 13.9. The van der Waals surface area contributed by atoms with Crippen molar-refractivity contribution in [2.24, 2.45) is 0 Å². The quantitative estimate of drug-likeness (QED) is 0.603. The van der Waals surface area contributed by atoms with E-state index in [0.717, 1.165) is 12.0 Å². The van der Waals surface area contributed by atoms with E-state index in [0.29, 0.717) is 13.1 Å². The minimum absolute atomic E-state index is 0.400. The van der Waals surface area contributed by atoms with E-state index < -0.39 is 11.6 Å². The third-order valence-corrected chi connectivity index (χ3v) is 3.66. The molecule has 1 aromatic carbocycles. The Morgan fingerprint density at radius 3 is 2.50 bits per heavy atom. The van der Waals surface area contributed by atoms with Gasteiger partial charge in [0.05, 0.1) is 5.54 Å². The highest BCUT2D eigenvalue weighted by Crippen LogP contribution is 2.22. The summed E-state index contributed by atoms with van der Waals surface area (Å²) in [6.45, 7) is 5.02. The average Bonchev–Trinajstić information content (AvgIpc) is 2.37. The van der Waals surface area contributed by atoms with Gasteiger partial charge in [-0.2, -0.15) is 0 Å². The molecule has 0 aromatic heterocycles. The molecular weight excluding hydrogens is 343 g/mol. The van der Waals surface area contributed by atoms with Gasteiger partial charge in [0.1, 0.15) is 0 Å². The molecule has 4 nitrogen and oxygen atoms in total. The van der Waals surface area contributed by atoms with Gasteiger partial charge in [-0.1, -0.05) is 37.3 Å². The second kappa shape index (κ2) is 6.94. The van der Waals surface area contributed by atoms with Crippen LogP contribution in [0.25, 0.3) is 0 Å². The number of halogens is 1. The van der Waals surface area contributed by atoms with Crippen molar-refractivity contribution in [1.82, 2.24) is 8.43 Å². The van der Waals surface area contributed by atoms with Crippen LogP contribution in [-0.2, 0) is 6.54 Å². The summed E-state index contributed by atoms with van der Waals surface area (Å²) in [5.74, 6) is 0. The molecule has 0 radical (unpaired) electrons. The molecule has 1 aromatic rings. The Morgan fingerprint density at radius 2 is 2.06 bits per heavy atom. The van der Waals surface area contributed by atoms with Gasteiger partial charge in [-0.15, -0.1) is 0 Å². The number of amides is 1. The highest BCUT2D eigenvalue weighted by Gasteiger charge is 2.33. The van der Waals surface area contributed by atoms with Crippen LogP contribution in [0.5, 0.6) is 0 Å². The zero-order valence-electron chi connectivity index (χ0n) is 10.7. The van der Waals surface area contributed by atoms with Crippen LogP contribution in [0.3, 0.4) is 0 Å². The zero-order chi connectivity index (χ0) is 13.6. The molecule has 2 N–H and O–H groups in total. The predicted molar refractivity (Wildman–Crippen MR) is 80.7 cm³/mol. The smallest absolute Gasteiger partial charge is 0.408 e. The van der Waals surface area contributed by atoms with Gasteiger partial charge in [-0.25, -0.2) is 4.79 Å². The topological polar surface area (TPSA) is 52.6 Å². The number of rotatable bonds is 6.